The molecule has 0 saturated heterocycles. The fourth-order valence-corrected chi connectivity index (χ4v) is 2.37. The first-order valence-electron chi connectivity index (χ1n) is 6.40. The molecule has 110 valence electrons. The normalized spacial score (nSPS) is 12.0. The Bertz CT molecular complexity index is 686. The van der Waals surface area contributed by atoms with Crippen LogP contribution in [0.1, 0.15) is 16.8 Å². The molecule has 1 atom stereocenters. The van der Waals surface area contributed by atoms with E-state index in [2.05, 4.69) is 17.9 Å². The van der Waals surface area contributed by atoms with Crippen LogP contribution in [0.25, 0.3) is 10.8 Å². The van der Waals surface area contributed by atoms with Crippen LogP contribution in [-0.4, -0.2) is 33.9 Å². The van der Waals surface area contributed by atoms with Gasteiger partial charge in [-0.15, -0.1) is 0 Å². The molecule has 0 unspecified atom stereocenters. The number of phenols is 1. The number of phenolic OH excluding ortho intramolecular Hbond substituents is 1. The van der Waals surface area contributed by atoms with Crippen LogP contribution in [0.5, 0.6) is 5.75 Å². The number of fused-ring (bicyclic) bond motifs is 1. The first-order valence-corrected chi connectivity index (χ1v) is 7.03. The van der Waals surface area contributed by atoms with Gasteiger partial charge in [0, 0.05) is 0 Å². The maximum Gasteiger partial charge on any atom is 0.326 e. The number of aliphatic carboxylic acids is 1. The lowest BCUT2D eigenvalue weighted by Crippen LogP contribution is -2.41. The maximum atomic E-state index is 12.3. The highest BCUT2D eigenvalue weighted by Crippen LogP contribution is 2.27. The highest BCUT2D eigenvalue weighted by atomic mass is 32.1. The molecule has 0 radical (unpaired) electrons. The molecule has 2 aromatic carbocycles. The van der Waals surface area contributed by atoms with Gasteiger partial charge in [-0.05, 0) is 29.0 Å². The molecule has 3 N–H and O–H groups in total. The minimum Gasteiger partial charge on any atom is -0.507 e. The monoisotopic (exact) mass is 305 g/mol. The second-order valence-corrected chi connectivity index (χ2v) is 5.00. The van der Waals surface area contributed by atoms with Gasteiger partial charge in [-0.1, -0.05) is 30.3 Å². The van der Waals surface area contributed by atoms with Gasteiger partial charge < -0.3 is 15.5 Å². The molecule has 2 rings (SSSR count). The number of nitrogens with one attached hydrogen (secondary N) is 1. The lowest BCUT2D eigenvalue weighted by atomic mass is 10.0. The van der Waals surface area contributed by atoms with Crippen molar-refractivity contribution in [1.29, 1.82) is 0 Å². The van der Waals surface area contributed by atoms with Gasteiger partial charge in [0.1, 0.15) is 11.8 Å². The second kappa shape index (κ2) is 6.49. The van der Waals surface area contributed by atoms with Crippen LogP contribution < -0.4 is 5.32 Å². The summed E-state index contributed by atoms with van der Waals surface area (Å²) >= 11 is 3.98. The standard InChI is InChI=1S/C15H15NO4S/c17-12-6-5-9-3-1-2-4-10(9)13(12)14(18)16-11(7-8-21)15(19)20/h1-6,11,17,21H,7-8H2,(H,16,18)(H,19,20)/t11-/m0/s1. The molecule has 5 nitrogen and oxygen atoms in total. The predicted octanol–water partition coefficient (Wildman–Crippen LogP) is 2.05. The summed E-state index contributed by atoms with van der Waals surface area (Å²) in [5.41, 5.74) is 0.0820. The number of aromatic hydroxyl groups is 1. The molecule has 1 amide bonds. The molecule has 0 aliphatic heterocycles. The summed E-state index contributed by atoms with van der Waals surface area (Å²) in [5, 5.41) is 22.8. The minimum atomic E-state index is -1.13. The number of carbonyl (C=O) groups excluding carboxylic acids is 1. The number of carbonyl (C=O) groups is 2. The van der Waals surface area contributed by atoms with E-state index in [0.717, 1.165) is 5.39 Å². The third-order valence-corrected chi connectivity index (χ3v) is 3.41. The lowest BCUT2D eigenvalue weighted by Gasteiger charge is -2.15. The number of amides is 1. The van der Waals surface area contributed by atoms with E-state index in [9.17, 15) is 14.7 Å². The van der Waals surface area contributed by atoms with E-state index in [1.54, 1.807) is 18.2 Å². The fraction of sp³-hybridized carbons (Fsp3) is 0.200. The van der Waals surface area contributed by atoms with Gasteiger partial charge in [-0.25, -0.2) is 4.79 Å². The van der Waals surface area contributed by atoms with E-state index in [-0.39, 0.29) is 17.7 Å². The number of rotatable bonds is 5. The SMILES string of the molecule is O=C(N[C@@H](CCS)C(=O)O)c1c(O)ccc2ccccc12. The fourth-order valence-electron chi connectivity index (χ4n) is 2.12. The van der Waals surface area contributed by atoms with E-state index in [1.807, 2.05) is 12.1 Å². The minimum absolute atomic E-state index is 0.0820. The van der Waals surface area contributed by atoms with Gasteiger partial charge in [0.2, 0.25) is 0 Å². The molecule has 6 heteroatoms. The van der Waals surface area contributed by atoms with Crippen molar-refractivity contribution >= 4 is 35.3 Å². The third-order valence-electron chi connectivity index (χ3n) is 3.16. The Labute approximate surface area is 127 Å². The zero-order valence-electron chi connectivity index (χ0n) is 11.1. The second-order valence-electron chi connectivity index (χ2n) is 4.56. The van der Waals surface area contributed by atoms with Gasteiger partial charge >= 0.3 is 5.97 Å². The van der Waals surface area contributed by atoms with Crippen LogP contribution in [0.4, 0.5) is 0 Å². The molecular formula is C15H15NO4S. The average Bonchev–Trinajstić information content (AvgIpc) is 2.46. The molecule has 0 heterocycles. The lowest BCUT2D eigenvalue weighted by molar-refractivity contribution is -0.139. The molecule has 0 aromatic heterocycles. The summed E-state index contributed by atoms with van der Waals surface area (Å²) in [7, 11) is 0. The van der Waals surface area contributed by atoms with Crippen LogP contribution in [0.3, 0.4) is 0 Å². The molecule has 0 spiro atoms. The van der Waals surface area contributed by atoms with Crippen molar-refractivity contribution in [2.45, 2.75) is 12.5 Å². The van der Waals surface area contributed by atoms with Gasteiger partial charge in [0.05, 0.1) is 5.56 Å². The average molecular weight is 305 g/mol. The van der Waals surface area contributed by atoms with Gasteiger partial charge in [-0.3, -0.25) is 4.79 Å². The number of carboxylic acid groups (broad SMARTS) is 1. The van der Waals surface area contributed by atoms with Crippen molar-refractivity contribution in [3.05, 3.63) is 42.0 Å². The van der Waals surface area contributed by atoms with Gasteiger partial charge in [-0.2, -0.15) is 12.6 Å². The first kappa shape index (κ1) is 15.2. The Kier molecular flexibility index (Phi) is 4.70. The Balaban J connectivity index is 2.39. The predicted molar refractivity (Wildman–Crippen MR) is 83.0 cm³/mol. The van der Waals surface area contributed by atoms with E-state index < -0.39 is 17.9 Å². The number of benzene rings is 2. The molecule has 0 aliphatic rings. The first-order chi connectivity index (χ1) is 10.0. The topological polar surface area (TPSA) is 86.6 Å². The van der Waals surface area contributed by atoms with Crippen LogP contribution in [-0.2, 0) is 4.79 Å². The summed E-state index contributed by atoms with van der Waals surface area (Å²) in [5.74, 6) is -1.59. The summed E-state index contributed by atoms with van der Waals surface area (Å²) in [6.07, 6.45) is 0.204. The van der Waals surface area contributed by atoms with Gasteiger partial charge in [0.15, 0.2) is 0 Å². The zero-order chi connectivity index (χ0) is 15.4. The van der Waals surface area contributed by atoms with Crippen molar-refractivity contribution in [2.24, 2.45) is 0 Å². The number of thiol groups is 1. The van der Waals surface area contributed by atoms with Crippen LogP contribution in [0.2, 0.25) is 0 Å². The largest absolute Gasteiger partial charge is 0.507 e. The van der Waals surface area contributed by atoms with Crippen LogP contribution >= 0.6 is 12.6 Å². The van der Waals surface area contributed by atoms with E-state index in [1.165, 1.54) is 6.07 Å². The number of carboxylic acids is 1. The third kappa shape index (κ3) is 3.28. The molecule has 2 aromatic rings. The highest BCUT2D eigenvalue weighted by Gasteiger charge is 2.22. The van der Waals surface area contributed by atoms with Crippen molar-refractivity contribution < 1.29 is 19.8 Å². The Morgan fingerprint density at radius 2 is 1.90 bits per heavy atom. The van der Waals surface area contributed by atoms with Crippen LogP contribution in [0, 0.1) is 0 Å². The Hall–Kier alpha value is -2.21. The van der Waals surface area contributed by atoms with Crippen LogP contribution in [0.15, 0.2) is 36.4 Å². The van der Waals surface area contributed by atoms with E-state index in [0.29, 0.717) is 11.1 Å². The molecule has 0 aliphatic carbocycles. The number of hydrogen-bond donors (Lipinski definition) is 4. The number of hydrogen-bond acceptors (Lipinski definition) is 4. The maximum absolute atomic E-state index is 12.3. The quantitative estimate of drug-likeness (QED) is 0.637. The summed E-state index contributed by atoms with van der Waals surface area (Å²) in [6.45, 7) is 0. The Morgan fingerprint density at radius 1 is 1.19 bits per heavy atom. The Morgan fingerprint density at radius 3 is 2.57 bits per heavy atom. The highest BCUT2D eigenvalue weighted by molar-refractivity contribution is 7.80. The summed E-state index contributed by atoms with van der Waals surface area (Å²) in [6, 6.07) is 9.18. The smallest absolute Gasteiger partial charge is 0.326 e. The summed E-state index contributed by atoms with van der Waals surface area (Å²) in [4.78, 5) is 23.4. The molecule has 0 fully saturated rings. The van der Waals surface area contributed by atoms with Crippen molar-refractivity contribution in [3.63, 3.8) is 0 Å². The van der Waals surface area contributed by atoms with Gasteiger partial charge in [0.25, 0.3) is 5.91 Å². The van der Waals surface area contributed by atoms with E-state index in [4.69, 9.17) is 5.11 Å². The zero-order valence-corrected chi connectivity index (χ0v) is 12.0. The molecule has 21 heavy (non-hydrogen) atoms. The molecular weight excluding hydrogens is 290 g/mol. The van der Waals surface area contributed by atoms with E-state index >= 15 is 0 Å². The molecule has 0 bridgehead atoms. The van der Waals surface area contributed by atoms with Crippen molar-refractivity contribution in [2.75, 3.05) is 5.75 Å². The molecule has 0 saturated carbocycles. The van der Waals surface area contributed by atoms with Crippen molar-refractivity contribution in [3.8, 4) is 5.75 Å². The van der Waals surface area contributed by atoms with Crippen molar-refractivity contribution in [1.82, 2.24) is 5.32 Å². The summed E-state index contributed by atoms with van der Waals surface area (Å²) < 4.78 is 0.